The van der Waals surface area contributed by atoms with Crippen molar-refractivity contribution in [3.63, 3.8) is 0 Å². The Morgan fingerprint density at radius 3 is 2.00 bits per heavy atom. The van der Waals surface area contributed by atoms with Gasteiger partial charge >= 0.3 is 0 Å². The van der Waals surface area contributed by atoms with Gasteiger partial charge in [-0.15, -0.1) is 0 Å². The Hall–Kier alpha value is -2.42. The van der Waals surface area contributed by atoms with Crippen LogP contribution in [0.1, 0.15) is 38.8 Å². The number of carboxylic acids is 1. The fourth-order valence-corrected chi connectivity index (χ4v) is 2.05. The molecule has 0 amide bonds. The molecule has 2 rings (SSSR count). The summed E-state index contributed by atoms with van der Waals surface area (Å²) in [6.45, 7) is 1.96. The predicted molar refractivity (Wildman–Crippen MR) is 70.0 cm³/mol. The SMILES string of the molecule is CCc1ccccc1C(=O)c1ccccc1C(=O)[O-]. The molecule has 0 bridgehead atoms. The van der Waals surface area contributed by atoms with Crippen LogP contribution in [0.15, 0.2) is 48.5 Å². The van der Waals surface area contributed by atoms with Gasteiger partial charge < -0.3 is 9.90 Å². The molecule has 2 aromatic rings. The van der Waals surface area contributed by atoms with Crippen molar-refractivity contribution < 1.29 is 14.7 Å². The highest BCUT2D eigenvalue weighted by Gasteiger charge is 2.15. The molecule has 0 unspecified atom stereocenters. The van der Waals surface area contributed by atoms with E-state index in [0.29, 0.717) is 5.56 Å². The molecule has 0 saturated heterocycles. The molecule has 0 heterocycles. The average molecular weight is 253 g/mol. The van der Waals surface area contributed by atoms with Gasteiger partial charge in [0.2, 0.25) is 0 Å². The quantitative estimate of drug-likeness (QED) is 0.781. The molecule has 0 spiro atoms. The number of ketones is 1. The summed E-state index contributed by atoms with van der Waals surface area (Å²) in [5, 5.41) is 11.0. The van der Waals surface area contributed by atoms with Crippen LogP contribution in [0.3, 0.4) is 0 Å². The first-order valence-electron chi connectivity index (χ1n) is 6.08. The zero-order chi connectivity index (χ0) is 13.8. The van der Waals surface area contributed by atoms with Crippen molar-refractivity contribution in [3.05, 3.63) is 70.8 Å². The molecule has 3 nitrogen and oxygen atoms in total. The number of carboxylic acid groups (broad SMARTS) is 1. The van der Waals surface area contributed by atoms with Gasteiger partial charge in [0.05, 0.1) is 5.97 Å². The minimum absolute atomic E-state index is 0.0709. The summed E-state index contributed by atoms with van der Waals surface area (Å²) >= 11 is 0. The molecular weight excluding hydrogens is 240 g/mol. The third kappa shape index (κ3) is 2.55. The van der Waals surface area contributed by atoms with Gasteiger partial charge in [0, 0.05) is 16.7 Å². The van der Waals surface area contributed by atoms with E-state index in [1.165, 1.54) is 12.1 Å². The number of hydrogen-bond donors (Lipinski definition) is 0. The Morgan fingerprint density at radius 1 is 0.895 bits per heavy atom. The highest BCUT2D eigenvalue weighted by atomic mass is 16.4. The summed E-state index contributed by atoms with van der Waals surface area (Å²) in [6, 6.07) is 13.3. The molecule has 0 aromatic heterocycles. The van der Waals surface area contributed by atoms with Crippen molar-refractivity contribution in [2.75, 3.05) is 0 Å². The van der Waals surface area contributed by atoms with Gasteiger partial charge in [-0.3, -0.25) is 4.79 Å². The highest BCUT2D eigenvalue weighted by molar-refractivity contribution is 6.14. The Kier molecular flexibility index (Phi) is 3.76. The van der Waals surface area contributed by atoms with E-state index in [9.17, 15) is 14.7 Å². The molecule has 0 saturated carbocycles. The zero-order valence-electron chi connectivity index (χ0n) is 10.6. The van der Waals surface area contributed by atoms with E-state index < -0.39 is 5.97 Å². The lowest BCUT2D eigenvalue weighted by Gasteiger charge is -2.11. The summed E-state index contributed by atoms with van der Waals surface area (Å²) in [5.41, 5.74) is 1.54. The number of aromatic carboxylic acids is 1. The van der Waals surface area contributed by atoms with Crippen LogP contribution in [0.25, 0.3) is 0 Å². The van der Waals surface area contributed by atoms with Gasteiger partial charge in [0.15, 0.2) is 5.78 Å². The summed E-state index contributed by atoms with van der Waals surface area (Å²) in [6.07, 6.45) is 0.718. The van der Waals surface area contributed by atoms with Crippen LogP contribution in [0.5, 0.6) is 0 Å². The lowest BCUT2D eigenvalue weighted by Crippen LogP contribution is -2.25. The van der Waals surface area contributed by atoms with Gasteiger partial charge in [-0.2, -0.15) is 0 Å². The summed E-state index contributed by atoms with van der Waals surface area (Å²) in [4.78, 5) is 23.5. The highest BCUT2D eigenvalue weighted by Crippen LogP contribution is 2.18. The first-order valence-corrected chi connectivity index (χ1v) is 6.08. The third-order valence-electron chi connectivity index (χ3n) is 3.03. The van der Waals surface area contributed by atoms with Gasteiger partial charge in [0.1, 0.15) is 0 Å². The fourth-order valence-electron chi connectivity index (χ4n) is 2.05. The third-order valence-corrected chi connectivity index (χ3v) is 3.03. The molecule has 0 N–H and O–H groups in total. The van der Waals surface area contributed by atoms with E-state index in [1.54, 1.807) is 24.3 Å². The van der Waals surface area contributed by atoms with Crippen molar-refractivity contribution in [1.29, 1.82) is 0 Å². The topological polar surface area (TPSA) is 57.2 Å². The minimum Gasteiger partial charge on any atom is -0.545 e. The molecule has 0 radical (unpaired) electrons. The van der Waals surface area contributed by atoms with Crippen molar-refractivity contribution in [3.8, 4) is 0 Å². The number of carbonyl (C=O) groups is 2. The summed E-state index contributed by atoms with van der Waals surface area (Å²) in [5.74, 6) is -1.62. The maximum Gasteiger partial charge on any atom is 0.193 e. The van der Waals surface area contributed by atoms with Gasteiger partial charge in [-0.25, -0.2) is 0 Å². The van der Waals surface area contributed by atoms with Crippen molar-refractivity contribution in [2.24, 2.45) is 0 Å². The molecule has 96 valence electrons. The second-order valence-corrected chi connectivity index (χ2v) is 4.17. The molecular formula is C16H13O3-. The monoisotopic (exact) mass is 253 g/mol. The number of benzene rings is 2. The van der Waals surface area contributed by atoms with Gasteiger partial charge in [-0.05, 0) is 12.0 Å². The van der Waals surface area contributed by atoms with E-state index in [4.69, 9.17) is 0 Å². The summed E-state index contributed by atoms with van der Waals surface area (Å²) < 4.78 is 0. The molecule has 19 heavy (non-hydrogen) atoms. The van der Waals surface area contributed by atoms with Crippen LogP contribution in [-0.2, 0) is 6.42 Å². The first-order chi connectivity index (χ1) is 9.15. The van der Waals surface area contributed by atoms with E-state index in [0.717, 1.165) is 12.0 Å². The van der Waals surface area contributed by atoms with Crippen LogP contribution in [0, 0.1) is 0 Å². The van der Waals surface area contributed by atoms with Gasteiger partial charge in [-0.1, -0.05) is 55.5 Å². The van der Waals surface area contributed by atoms with Crippen LogP contribution in [0.2, 0.25) is 0 Å². The lowest BCUT2D eigenvalue weighted by molar-refractivity contribution is -0.255. The molecule has 0 aliphatic heterocycles. The number of rotatable bonds is 4. The van der Waals surface area contributed by atoms with E-state index in [-0.39, 0.29) is 16.9 Å². The molecule has 3 heteroatoms. The molecule has 2 aromatic carbocycles. The maximum absolute atomic E-state index is 12.5. The Balaban J connectivity index is 2.53. The lowest BCUT2D eigenvalue weighted by atomic mass is 9.94. The molecule has 0 atom stereocenters. The van der Waals surface area contributed by atoms with Crippen molar-refractivity contribution in [1.82, 2.24) is 0 Å². The van der Waals surface area contributed by atoms with E-state index in [1.807, 2.05) is 19.1 Å². The Morgan fingerprint density at radius 2 is 1.42 bits per heavy atom. The fraction of sp³-hybridized carbons (Fsp3) is 0.125. The minimum atomic E-state index is -1.34. The normalized spacial score (nSPS) is 10.2. The molecule has 0 aliphatic carbocycles. The van der Waals surface area contributed by atoms with E-state index >= 15 is 0 Å². The van der Waals surface area contributed by atoms with Crippen molar-refractivity contribution >= 4 is 11.8 Å². The van der Waals surface area contributed by atoms with Crippen LogP contribution in [0.4, 0.5) is 0 Å². The zero-order valence-corrected chi connectivity index (χ0v) is 10.6. The molecule has 0 aliphatic rings. The Labute approximate surface area is 111 Å². The number of carbonyl (C=O) groups excluding carboxylic acids is 2. The van der Waals surface area contributed by atoms with Crippen LogP contribution >= 0.6 is 0 Å². The Bertz CT molecular complexity index is 629. The number of aryl methyl sites for hydroxylation is 1. The van der Waals surface area contributed by atoms with Crippen LogP contribution in [-0.4, -0.2) is 11.8 Å². The maximum atomic E-state index is 12.5. The average Bonchev–Trinajstić information content (AvgIpc) is 2.46. The number of hydrogen-bond acceptors (Lipinski definition) is 3. The smallest absolute Gasteiger partial charge is 0.193 e. The van der Waals surface area contributed by atoms with Crippen LogP contribution < -0.4 is 5.11 Å². The van der Waals surface area contributed by atoms with Gasteiger partial charge in [0.25, 0.3) is 0 Å². The standard InChI is InChI=1S/C16H14O3/c1-2-11-7-3-4-8-12(11)15(17)13-9-5-6-10-14(13)16(18)19/h3-10H,2H2,1H3,(H,18,19)/p-1. The predicted octanol–water partition coefficient (Wildman–Crippen LogP) is 1.84. The molecule has 0 fully saturated rings. The van der Waals surface area contributed by atoms with E-state index in [2.05, 4.69) is 0 Å². The first kappa shape index (κ1) is 13.0. The second-order valence-electron chi connectivity index (χ2n) is 4.17. The largest absolute Gasteiger partial charge is 0.545 e. The second kappa shape index (κ2) is 5.48. The van der Waals surface area contributed by atoms with Crippen molar-refractivity contribution in [2.45, 2.75) is 13.3 Å². The summed E-state index contributed by atoms with van der Waals surface area (Å²) in [7, 11) is 0.